The highest BCUT2D eigenvalue weighted by Gasteiger charge is 2.15. The van der Waals surface area contributed by atoms with Gasteiger partial charge in [-0.3, -0.25) is 4.98 Å². The summed E-state index contributed by atoms with van der Waals surface area (Å²) in [6, 6.07) is 10.5. The van der Waals surface area contributed by atoms with Crippen LogP contribution >= 0.6 is 0 Å². The Morgan fingerprint density at radius 3 is 2.73 bits per heavy atom. The predicted molar refractivity (Wildman–Crippen MR) is 93.0 cm³/mol. The third-order valence-electron chi connectivity index (χ3n) is 4.15. The molecule has 3 heteroatoms. The molecule has 0 amide bonds. The van der Waals surface area contributed by atoms with Crippen LogP contribution in [-0.4, -0.2) is 16.5 Å². The van der Waals surface area contributed by atoms with Gasteiger partial charge in [-0.25, -0.2) is 0 Å². The Hall–Kier alpha value is -2.13. The van der Waals surface area contributed by atoms with Crippen molar-refractivity contribution in [2.24, 2.45) is 5.73 Å². The van der Waals surface area contributed by atoms with Gasteiger partial charge in [0.05, 0.1) is 11.4 Å². The average Bonchev–Trinajstić information content (AvgIpc) is 2.87. The minimum Gasteiger partial charge on any atom is -0.353 e. The summed E-state index contributed by atoms with van der Waals surface area (Å²) in [4.78, 5) is 8.12. The van der Waals surface area contributed by atoms with E-state index in [-0.39, 0.29) is 0 Å². The molecular weight excluding hydrogens is 270 g/mol. The lowest BCUT2D eigenvalue weighted by molar-refractivity contribution is 0.748. The van der Waals surface area contributed by atoms with Gasteiger partial charge in [-0.2, -0.15) is 0 Å². The molecule has 0 spiro atoms. The molecule has 22 heavy (non-hydrogen) atoms. The number of aromatic amines is 1. The monoisotopic (exact) mass is 293 g/mol. The van der Waals surface area contributed by atoms with Crippen molar-refractivity contribution in [1.82, 2.24) is 9.97 Å². The van der Waals surface area contributed by atoms with E-state index >= 15 is 0 Å². The maximum Gasteiger partial charge on any atom is 0.0867 e. The van der Waals surface area contributed by atoms with Gasteiger partial charge < -0.3 is 10.7 Å². The molecular formula is C19H23N3. The number of nitrogens with zero attached hydrogens (tertiary/aromatic N) is 1. The van der Waals surface area contributed by atoms with Gasteiger partial charge in [-0.1, -0.05) is 12.1 Å². The van der Waals surface area contributed by atoms with Gasteiger partial charge >= 0.3 is 0 Å². The number of nitrogens with two attached hydrogens (primary N) is 1. The second-order valence-electron chi connectivity index (χ2n) is 5.94. The van der Waals surface area contributed by atoms with Crippen molar-refractivity contribution in [3.8, 4) is 11.4 Å². The molecule has 0 saturated heterocycles. The van der Waals surface area contributed by atoms with Gasteiger partial charge in [-0.05, 0) is 74.5 Å². The van der Waals surface area contributed by atoms with E-state index in [1.54, 1.807) is 0 Å². The molecule has 1 aromatic carbocycles. The number of rotatable bonds is 5. The lowest BCUT2D eigenvalue weighted by Gasteiger charge is -2.06. The average molecular weight is 293 g/mol. The third-order valence-corrected chi connectivity index (χ3v) is 4.15. The fraction of sp³-hybridized carbons (Fsp3) is 0.316. The van der Waals surface area contributed by atoms with Crippen molar-refractivity contribution in [3.05, 3.63) is 53.2 Å². The van der Waals surface area contributed by atoms with Gasteiger partial charge in [-0.15, -0.1) is 0 Å². The van der Waals surface area contributed by atoms with Gasteiger partial charge in [0.1, 0.15) is 0 Å². The number of aryl methyl sites for hydroxylation is 3. The van der Waals surface area contributed by atoms with E-state index in [9.17, 15) is 0 Å². The highest BCUT2D eigenvalue weighted by Crippen LogP contribution is 2.33. The number of hydrogen-bond acceptors (Lipinski definition) is 2. The van der Waals surface area contributed by atoms with Crippen molar-refractivity contribution in [3.63, 3.8) is 0 Å². The van der Waals surface area contributed by atoms with Crippen LogP contribution in [0.25, 0.3) is 22.3 Å². The molecule has 0 bridgehead atoms. The Morgan fingerprint density at radius 2 is 2.00 bits per heavy atom. The summed E-state index contributed by atoms with van der Waals surface area (Å²) in [5, 5.41) is 1.35. The number of pyridine rings is 1. The first kappa shape index (κ1) is 14.8. The number of nitrogens with one attached hydrogen (secondary N) is 1. The lowest BCUT2D eigenvalue weighted by Crippen LogP contribution is -1.99. The van der Waals surface area contributed by atoms with E-state index in [2.05, 4.69) is 42.0 Å². The highest BCUT2D eigenvalue weighted by molar-refractivity contribution is 5.93. The van der Waals surface area contributed by atoms with Gasteiger partial charge in [0.2, 0.25) is 0 Å². The Morgan fingerprint density at radius 1 is 1.14 bits per heavy atom. The molecule has 3 rings (SSSR count). The van der Waals surface area contributed by atoms with Gasteiger partial charge in [0.25, 0.3) is 0 Å². The fourth-order valence-corrected chi connectivity index (χ4v) is 3.23. The molecule has 114 valence electrons. The smallest absolute Gasteiger partial charge is 0.0867 e. The van der Waals surface area contributed by atoms with E-state index in [0.717, 1.165) is 37.2 Å². The molecule has 3 aromatic rings. The molecule has 0 aliphatic rings. The largest absolute Gasteiger partial charge is 0.353 e. The fourth-order valence-electron chi connectivity index (χ4n) is 3.23. The number of unbranched alkanes of at least 4 members (excludes halogenated alkanes) is 1. The van der Waals surface area contributed by atoms with E-state index in [1.165, 1.54) is 27.6 Å². The molecule has 0 atom stereocenters. The summed E-state index contributed by atoms with van der Waals surface area (Å²) in [6.07, 6.45) is 5.05. The van der Waals surface area contributed by atoms with Crippen molar-refractivity contribution < 1.29 is 0 Å². The van der Waals surface area contributed by atoms with Crippen LogP contribution in [0, 0.1) is 13.8 Å². The first-order valence-electron chi connectivity index (χ1n) is 7.94. The number of H-pyrrole nitrogens is 1. The topological polar surface area (TPSA) is 54.7 Å². The van der Waals surface area contributed by atoms with Crippen LogP contribution in [-0.2, 0) is 6.42 Å². The van der Waals surface area contributed by atoms with E-state index in [1.807, 2.05) is 18.3 Å². The molecule has 3 nitrogen and oxygen atoms in total. The first-order chi connectivity index (χ1) is 10.7. The van der Waals surface area contributed by atoms with Crippen LogP contribution in [0.1, 0.15) is 29.5 Å². The van der Waals surface area contributed by atoms with E-state index < -0.39 is 0 Å². The highest BCUT2D eigenvalue weighted by atomic mass is 14.8. The SMILES string of the molecule is Cc1cc(C)c2c(CCCCN)c(-c3ccccn3)[nH]c2c1. The summed E-state index contributed by atoms with van der Waals surface area (Å²) in [5.74, 6) is 0. The van der Waals surface area contributed by atoms with Crippen molar-refractivity contribution in [2.75, 3.05) is 6.54 Å². The van der Waals surface area contributed by atoms with E-state index in [0.29, 0.717) is 0 Å². The summed E-state index contributed by atoms with van der Waals surface area (Å²) >= 11 is 0. The van der Waals surface area contributed by atoms with Crippen LogP contribution in [0.2, 0.25) is 0 Å². The molecule has 0 saturated carbocycles. The van der Waals surface area contributed by atoms with Crippen molar-refractivity contribution in [1.29, 1.82) is 0 Å². The third kappa shape index (κ3) is 2.77. The van der Waals surface area contributed by atoms with Crippen LogP contribution in [0.3, 0.4) is 0 Å². The van der Waals surface area contributed by atoms with Crippen LogP contribution < -0.4 is 5.73 Å². The molecule has 0 aliphatic heterocycles. The second kappa shape index (κ2) is 6.32. The molecule has 0 aliphatic carbocycles. The zero-order chi connectivity index (χ0) is 15.5. The zero-order valence-corrected chi connectivity index (χ0v) is 13.3. The van der Waals surface area contributed by atoms with Gasteiger partial charge in [0.15, 0.2) is 0 Å². The minimum absolute atomic E-state index is 0.749. The molecule has 0 fully saturated rings. The van der Waals surface area contributed by atoms with Gasteiger partial charge in [0, 0.05) is 17.1 Å². The Bertz CT molecular complexity index is 772. The summed E-state index contributed by atoms with van der Waals surface area (Å²) in [7, 11) is 0. The number of fused-ring (bicyclic) bond motifs is 1. The minimum atomic E-state index is 0.749. The first-order valence-corrected chi connectivity index (χ1v) is 7.94. The number of benzene rings is 1. The summed E-state index contributed by atoms with van der Waals surface area (Å²) in [5.41, 5.74) is 13.0. The predicted octanol–water partition coefficient (Wildman–Crippen LogP) is 4.13. The van der Waals surface area contributed by atoms with Crippen molar-refractivity contribution in [2.45, 2.75) is 33.1 Å². The van der Waals surface area contributed by atoms with Crippen molar-refractivity contribution >= 4 is 10.9 Å². The van der Waals surface area contributed by atoms with Crippen LogP contribution in [0.5, 0.6) is 0 Å². The Kier molecular flexibility index (Phi) is 4.25. The zero-order valence-electron chi connectivity index (χ0n) is 13.3. The molecule has 2 heterocycles. The van der Waals surface area contributed by atoms with Crippen LogP contribution in [0.4, 0.5) is 0 Å². The number of aromatic nitrogens is 2. The molecule has 0 radical (unpaired) electrons. The Balaban J connectivity index is 2.17. The maximum absolute atomic E-state index is 5.66. The van der Waals surface area contributed by atoms with E-state index in [4.69, 9.17) is 5.73 Å². The molecule has 0 unspecified atom stereocenters. The quantitative estimate of drug-likeness (QED) is 0.695. The normalized spacial score (nSPS) is 11.2. The standard InChI is InChI=1S/C19H23N3/c1-13-11-14(2)18-15(7-3-5-9-20)19(22-17(18)12-13)16-8-4-6-10-21-16/h4,6,8,10-12,22H,3,5,7,9,20H2,1-2H3. The lowest BCUT2D eigenvalue weighted by atomic mass is 9.98. The molecule has 3 N–H and O–H groups in total. The maximum atomic E-state index is 5.66. The Labute approximate surface area is 131 Å². The summed E-state index contributed by atoms with van der Waals surface area (Å²) < 4.78 is 0. The molecule has 2 aromatic heterocycles. The summed E-state index contributed by atoms with van der Waals surface area (Å²) in [6.45, 7) is 5.08. The number of hydrogen-bond donors (Lipinski definition) is 2. The second-order valence-corrected chi connectivity index (χ2v) is 5.94. The van der Waals surface area contributed by atoms with Crippen LogP contribution in [0.15, 0.2) is 36.5 Å².